The van der Waals surface area contributed by atoms with Gasteiger partial charge in [-0.15, -0.1) is 0 Å². The van der Waals surface area contributed by atoms with Crippen molar-refractivity contribution in [2.45, 2.75) is 129 Å². The molecule has 0 aromatic carbocycles. The monoisotopic (exact) mass is 560 g/mol. The molecule has 10 heteroatoms. The highest BCUT2D eigenvalue weighted by atomic mass is 28.4. The van der Waals surface area contributed by atoms with Gasteiger partial charge in [0, 0.05) is 19.7 Å². The second-order valence-corrected chi connectivity index (χ2v) is 23.0. The average Bonchev–Trinajstić information content (AvgIpc) is 3.06. The number of ether oxygens (including phenoxy) is 2. The van der Waals surface area contributed by atoms with E-state index in [1.165, 1.54) is 0 Å². The average molecular weight is 561 g/mol. The first-order valence-corrected chi connectivity index (χ1v) is 19.6. The second-order valence-electron chi connectivity index (χ2n) is 13.5. The third-order valence-corrected chi connectivity index (χ3v) is 17.2. The normalized spacial score (nSPS) is 22.3. The van der Waals surface area contributed by atoms with Gasteiger partial charge in [0.1, 0.15) is 18.8 Å². The van der Waals surface area contributed by atoms with E-state index in [4.69, 9.17) is 18.3 Å². The smallest absolute Gasteiger partial charge is 0.249 e. The molecule has 1 heterocycles. The number of nitrogens with zero attached hydrogens (tertiary/aromatic N) is 1. The lowest BCUT2D eigenvalue weighted by Crippen LogP contribution is -2.57. The second kappa shape index (κ2) is 13.5. The summed E-state index contributed by atoms with van der Waals surface area (Å²) < 4.78 is 24.4. The SMILES string of the molecule is CCCC(C)NC(=O)C1[C@H](O[Si](C)(C)C(C)(C)C)[C@@H](O[Si](C)(C)C(C)(C)C)CN1C(=O)COCCOC. The van der Waals surface area contributed by atoms with Crippen molar-refractivity contribution < 1.29 is 27.9 Å². The molecule has 1 fully saturated rings. The van der Waals surface area contributed by atoms with Crippen molar-refractivity contribution in [1.82, 2.24) is 10.2 Å². The lowest BCUT2D eigenvalue weighted by atomic mass is 10.1. The first-order valence-electron chi connectivity index (χ1n) is 13.8. The van der Waals surface area contributed by atoms with Crippen molar-refractivity contribution >= 4 is 28.4 Å². The summed E-state index contributed by atoms with van der Waals surface area (Å²) in [4.78, 5) is 28.9. The van der Waals surface area contributed by atoms with Crippen LogP contribution in [0, 0.1) is 0 Å². The quantitative estimate of drug-likeness (QED) is 0.254. The number of carbonyl (C=O) groups is 2. The number of rotatable bonds is 13. The highest BCUT2D eigenvalue weighted by Gasteiger charge is 2.55. The Morgan fingerprint density at radius 2 is 1.51 bits per heavy atom. The minimum Gasteiger partial charge on any atom is -0.409 e. The van der Waals surface area contributed by atoms with Crippen LogP contribution in [-0.2, 0) is 27.9 Å². The summed E-state index contributed by atoms with van der Waals surface area (Å²) in [6, 6.07) is -0.775. The van der Waals surface area contributed by atoms with Crippen LogP contribution in [0.3, 0.4) is 0 Å². The molecule has 2 unspecified atom stereocenters. The molecule has 4 atom stereocenters. The third-order valence-electron chi connectivity index (χ3n) is 8.24. The Morgan fingerprint density at radius 1 is 0.973 bits per heavy atom. The van der Waals surface area contributed by atoms with Gasteiger partial charge in [-0.1, -0.05) is 54.9 Å². The summed E-state index contributed by atoms with van der Waals surface area (Å²) in [6.45, 7) is 26.9. The molecule has 2 amide bonds. The molecule has 37 heavy (non-hydrogen) atoms. The molecule has 0 saturated carbocycles. The number of amides is 2. The molecule has 1 N–H and O–H groups in total. The molecule has 1 aliphatic rings. The summed E-state index contributed by atoms with van der Waals surface area (Å²) in [5, 5.41) is 3.06. The van der Waals surface area contributed by atoms with Gasteiger partial charge in [0.2, 0.25) is 11.8 Å². The van der Waals surface area contributed by atoms with E-state index in [9.17, 15) is 9.59 Å². The van der Waals surface area contributed by atoms with E-state index < -0.39 is 34.9 Å². The van der Waals surface area contributed by atoms with Gasteiger partial charge in [-0.25, -0.2) is 0 Å². The van der Waals surface area contributed by atoms with Crippen molar-refractivity contribution in [3.05, 3.63) is 0 Å². The number of methoxy groups -OCH3 is 1. The molecule has 1 aliphatic heterocycles. The number of likely N-dealkylation sites (tertiary alicyclic amines) is 1. The van der Waals surface area contributed by atoms with Crippen LogP contribution >= 0.6 is 0 Å². The molecule has 0 aliphatic carbocycles. The van der Waals surface area contributed by atoms with Gasteiger partial charge in [0.25, 0.3) is 0 Å². The summed E-state index contributed by atoms with van der Waals surface area (Å²) in [5.74, 6) is -0.416. The maximum absolute atomic E-state index is 13.8. The topological polar surface area (TPSA) is 86.3 Å². The van der Waals surface area contributed by atoms with Crippen LogP contribution in [0.15, 0.2) is 0 Å². The Hall–Kier alpha value is -0.786. The summed E-state index contributed by atoms with van der Waals surface area (Å²) >= 11 is 0. The minimum absolute atomic E-state index is 0.00119. The molecule has 1 saturated heterocycles. The highest BCUT2D eigenvalue weighted by Crippen LogP contribution is 2.43. The van der Waals surface area contributed by atoms with E-state index in [0.717, 1.165) is 12.8 Å². The Morgan fingerprint density at radius 3 is 2.00 bits per heavy atom. The van der Waals surface area contributed by atoms with Gasteiger partial charge in [-0.2, -0.15) is 0 Å². The van der Waals surface area contributed by atoms with Gasteiger partial charge in [-0.05, 0) is 49.6 Å². The molecular formula is C27H56N2O6Si2. The number of hydrogen-bond acceptors (Lipinski definition) is 6. The number of carbonyl (C=O) groups excluding carboxylic acids is 2. The molecular weight excluding hydrogens is 504 g/mol. The molecule has 0 bridgehead atoms. The van der Waals surface area contributed by atoms with Gasteiger partial charge >= 0.3 is 0 Å². The Kier molecular flexibility index (Phi) is 12.5. The molecule has 0 radical (unpaired) electrons. The molecule has 1 rings (SSSR count). The predicted molar refractivity (Wildman–Crippen MR) is 155 cm³/mol. The van der Waals surface area contributed by atoms with E-state index >= 15 is 0 Å². The summed E-state index contributed by atoms with van der Waals surface area (Å²) in [7, 11) is -2.94. The fourth-order valence-electron chi connectivity index (χ4n) is 3.87. The molecule has 0 aromatic rings. The van der Waals surface area contributed by atoms with Gasteiger partial charge in [-0.3, -0.25) is 9.59 Å². The van der Waals surface area contributed by atoms with Crippen molar-refractivity contribution in [3.8, 4) is 0 Å². The summed E-state index contributed by atoms with van der Waals surface area (Å²) in [6.07, 6.45) is 0.884. The Balaban J connectivity index is 3.47. The minimum atomic E-state index is -2.31. The standard InChI is InChI=1S/C27H56N2O6Si2/c1-14-15-20(2)28-25(31)23-24(35-37(12,13)27(6,7)8)21(34-36(10,11)26(3,4)5)18-29(23)22(30)19-33-17-16-32-9/h20-21,23-24H,14-19H2,1-13H3,(H,28,31)/t20?,21-,23?,24+/m0/s1. The summed E-state index contributed by atoms with van der Waals surface area (Å²) in [5.41, 5.74) is 0. The Bertz CT molecular complexity index is 748. The lowest BCUT2D eigenvalue weighted by Gasteiger charge is -2.43. The zero-order valence-corrected chi connectivity index (χ0v) is 27.9. The van der Waals surface area contributed by atoms with Crippen molar-refractivity contribution in [1.29, 1.82) is 0 Å². The predicted octanol–water partition coefficient (Wildman–Crippen LogP) is 4.95. The highest BCUT2D eigenvalue weighted by molar-refractivity contribution is 6.74. The van der Waals surface area contributed by atoms with E-state index in [0.29, 0.717) is 19.8 Å². The maximum Gasteiger partial charge on any atom is 0.249 e. The molecule has 8 nitrogen and oxygen atoms in total. The fraction of sp³-hybridized carbons (Fsp3) is 0.926. The van der Waals surface area contributed by atoms with Crippen molar-refractivity contribution in [2.75, 3.05) is 33.5 Å². The first-order chi connectivity index (χ1) is 16.8. The van der Waals surface area contributed by atoms with Crippen LogP contribution < -0.4 is 5.32 Å². The molecule has 218 valence electrons. The number of hydrogen-bond donors (Lipinski definition) is 1. The third kappa shape index (κ3) is 9.42. The molecule has 0 aromatic heterocycles. The van der Waals surface area contributed by atoms with E-state index in [1.54, 1.807) is 12.0 Å². The van der Waals surface area contributed by atoms with E-state index in [2.05, 4.69) is 80.0 Å². The van der Waals surface area contributed by atoms with Crippen LogP contribution in [0.5, 0.6) is 0 Å². The van der Waals surface area contributed by atoms with Gasteiger partial charge < -0.3 is 28.5 Å². The zero-order chi connectivity index (χ0) is 28.8. The van der Waals surface area contributed by atoms with Crippen LogP contribution in [0.1, 0.15) is 68.2 Å². The first kappa shape index (κ1) is 34.2. The van der Waals surface area contributed by atoms with Crippen molar-refractivity contribution in [2.24, 2.45) is 0 Å². The fourth-order valence-corrected chi connectivity index (χ4v) is 6.51. The van der Waals surface area contributed by atoms with Gasteiger partial charge in [0.05, 0.1) is 19.3 Å². The van der Waals surface area contributed by atoms with E-state index in [1.807, 2.05) is 6.92 Å². The lowest BCUT2D eigenvalue weighted by molar-refractivity contribution is -0.144. The number of nitrogens with one attached hydrogen (secondary N) is 1. The van der Waals surface area contributed by atoms with Crippen LogP contribution in [0.4, 0.5) is 0 Å². The zero-order valence-electron chi connectivity index (χ0n) is 25.9. The van der Waals surface area contributed by atoms with Crippen LogP contribution in [0.25, 0.3) is 0 Å². The van der Waals surface area contributed by atoms with Crippen molar-refractivity contribution in [3.63, 3.8) is 0 Å². The maximum atomic E-state index is 13.8. The Labute approximate surface area is 228 Å². The van der Waals surface area contributed by atoms with Crippen LogP contribution in [-0.4, -0.2) is 91.1 Å². The van der Waals surface area contributed by atoms with Gasteiger partial charge in [0.15, 0.2) is 16.6 Å². The molecule has 0 spiro atoms. The largest absolute Gasteiger partial charge is 0.409 e. The van der Waals surface area contributed by atoms with Crippen LogP contribution in [0.2, 0.25) is 36.3 Å². The van der Waals surface area contributed by atoms with E-state index in [-0.39, 0.29) is 34.5 Å².